The van der Waals surface area contributed by atoms with Crippen LogP contribution in [0.25, 0.3) is 5.57 Å². The fourth-order valence-electron chi connectivity index (χ4n) is 2.66. The van der Waals surface area contributed by atoms with Gasteiger partial charge in [0, 0.05) is 10.6 Å². The van der Waals surface area contributed by atoms with Gasteiger partial charge >= 0.3 is 5.97 Å². The highest BCUT2D eigenvalue weighted by Gasteiger charge is 2.23. The van der Waals surface area contributed by atoms with Gasteiger partial charge < -0.3 is 4.74 Å². The average Bonchev–Trinajstić information content (AvgIpc) is 2.60. The fraction of sp³-hybridized carbons (Fsp3) is 0.520. The Labute approximate surface area is 176 Å². The van der Waals surface area contributed by atoms with Crippen LogP contribution >= 0.6 is 11.6 Å². The lowest BCUT2D eigenvalue weighted by molar-refractivity contribution is -0.138. The third-order valence-corrected chi connectivity index (χ3v) is 5.12. The topological polar surface area (TPSA) is 26.3 Å². The molecule has 0 fully saturated rings. The minimum absolute atomic E-state index is 0.0659. The van der Waals surface area contributed by atoms with Gasteiger partial charge in [-0.2, -0.15) is 0 Å². The Morgan fingerprint density at radius 1 is 1.18 bits per heavy atom. The SMILES string of the molecule is CCCCC/C(Cl)=C(\C(=O)OCC)C(=C=C(C)C(C)(C)C)c1cccc(C)c1. The summed E-state index contributed by atoms with van der Waals surface area (Å²) in [6.45, 7) is 14.8. The summed E-state index contributed by atoms with van der Waals surface area (Å²) in [5.74, 6) is -0.380. The standard InChI is InChI=1S/C25H35ClO2/c1-8-10-11-15-22(26)23(24(27)28-9-2)21(17-19(4)25(5,6)7)20-14-12-13-18(3)16-20/h12-14,16H,8-11,15H2,1-7H3/b23-22+. The van der Waals surface area contributed by atoms with Crippen LogP contribution in [0.4, 0.5) is 0 Å². The molecule has 28 heavy (non-hydrogen) atoms. The molecule has 1 aromatic rings. The summed E-state index contributed by atoms with van der Waals surface area (Å²) in [4.78, 5) is 12.9. The monoisotopic (exact) mass is 402 g/mol. The third kappa shape index (κ3) is 7.34. The zero-order chi connectivity index (χ0) is 21.3. The van der Waals surface area contributed by atoms with Crippen molar-refractivity contribution in [2.75, 3.05) is 6.61 Å². The van der Waals surface area contributed by atoms with E-state index in [1.165, 1.54) is 0 Å². The van der Waals surface area contributed by atoms with Crippen LogP contribution in [0.3, 0.4) is 0 Å². The molecular weight excluding hydrogens is 368 g/mol. The maximum absolute atomic E-state index is 12.9. The lowest BCUT2D eigenvalue weighted by Crippen LogP contribution is -2.12. The van der Waals surface area contributed by atoms with E-state index < -0.39 is 0 Å². The predicted molar refractivity (Wildman–Crippen MR) is 120 cm³/mol. The van der Waals surface area contributed by atoms with Crippen molar-refractivity contribution in [3.05, 3.63) is 57.3 Å². The summed E-state index contributed by atoms with van der Waals surface area (Å²) >= 11 is 6.70. The maximum atomic E-state index is 12.9. The van der Waals surface area contributed by atoms with Crippen LogP contribution in [-0.4, -0.2) is 12.6 Å². The number of esters is 1. The first kappa shape index (κ1) is 24.3. The van der Waals surface area contributed by atoms with Crippen molar-refractivity contribution in [3.8, 4) is 0 Å². The Hall–Kier alpha value is -1.76. The van der Waals surface area contributed by atoms with Crippen LogP contribution in [0.15, 0.2) is 46.2 Å². The van der Waals surface area contributed by atoms with Gasteiger partial charge in [-0.15, -0.1) is 5.73 Å². The van der Waals surface area contributed by atoms with Gasteiger partial charge in [0.25, 0.3) is 0 Å². The zero-order valence-corrected chi connectivity index (χ0v) is 19.3. The van der Waals surface area contributed by atoms with Crippen LogP contribution in [0, 0.1) is 12.3 Å². The van der Waals surface area contributed by atoms with Crippen LogP contribution in [-0.2, 0) is 9.53 Å². The fourth-order valence-corrected chi connectivity index (χ4v) is 2.97. The van der Waals surface area contributed by atoms with Crippen molar-refractivity contribution in [3.63, 3.8) is 0 Å². The van der Waals surface area contributed by atoms with Crippen LogP contribution < -0.4 is 0 Å². The Kier molecular flexibility index (Phi) is 9.79. The van der Waals surface area contributed by atoms with Gasteiger partial charge in [-0.3, -0.25) is 0 Å². The minimum atomic E-state index is -0.380. The first-order valence-electron chi connectivity index (χ1n) is 10.2. The molecule has 0 heterocycles. The van der Waals surface area contributed by atoms with Gasteiger partial charge in [0.15, 0.2) is 0 Å². The number of benzene rings is 1. The highest BCUT2D eigenvalue weighted by molar-refractivity contribution is 6.33. The first-order chi connectivity index (χ1) is 13.1. The first-order valence-corrected chi connectivity index (χ1v) is 10.6. The van der Waals surface area contributed by atoms with Gasteiger partial charge in [0.05, 0.1) is 12.2 Å². The van der Waals surface area contributed by atoms with Crippen LogP contribution in [0.1, 0.15) is 78.4 Å². The maximum Gasteiger partial charge on any atom is 0.340 e. The molecule has 0 saturated heterocycles. The molecule has 0 bridgehead atoms. The molecule has 0 radical (unpaired) electrons. The summed E-state index contributed by atoms with van der Waals surface area (Å²) < 4.78 is 5.38. The molecule has 0 unspecified atom stereocenters. The van der Waals surface area contributed by atoms with E-state index in [0.717, 1.165) is 41.5 Å². The van der Waals surface area contributed by atoms with E-state index in [4.69, 9.17) is 16.3 Å². The highest BCUT2D eigenvalue weighted by Crippen LogP contribution is 2.33. The Bertz CT molecular complexity index is 772. The number of rotatable bonds is 8. The molecule has 0 aliphatic carbocycles. The Morgan fingerprint density at radius 3 is 2.39 bits per heavy atom. The number of carbonyl (C=O) groups is 1. The summed E-state index contributed by atoms with van der Waals surface area (Å²) in [7, 11) is 0. The number of unbranched alkanes of at least 4 members (excludes halogenated alkanes) is 2. The summed E-state index contributed by atoms with van der Waals surface area (Å²) in [5, 5.41) is 0.553. The number of ether oxygens (including phenoxy) is 1. The lowest BCUT2D eigenvalue weighted by atomic mass is 9.86. The molecule has 2 nitrogen and oxygen atoms in total. The van der Waals surface area contributed by atoms with Crippen molar-refractivity contribution in [1.29, 1.82) is 0 Å². The summed E-state index contributed by atoms with van der Waals surface area (Å²) in [6.07, 6.45) is 3.78. The quantitative estimate of drug-likeness (QED) is 0.147. The van der Waals surface area contributed by atoms with E-state index in [2.05, 4.69) is 39.5 Å². The molecule has 1 rings (SSSR count). The lowest BCUT2D eigenvalue weighted by Gasteiger charge is -2.19. The van der Waals surface area contributed by atoms with E-state index in [1.807, 2.05) is 39.0 Å². The molecule has 0 N–H and O–H groups in total. The highest BCUT2D eigenvalue weighted by atomic mass is 35.5. The second-order valence-corrected chi connectivity index (χ2v) is 8.66. The van der Waals surface area contributed by atoms with E-state index in [0.29, 0.717) is 23.6 Å². The van der Waals surface area contributed by atoms with E-state index in [9.17, 15) is 4.79 Å². The largest absolute Gasteiger partial charge is 0.462 e. The molecule has 154 valence electrons. The van der Waals surface area contributed by atoms with Crippen LogP contribution in [0.2, 0.25) is 0 Å². The van der Waals surface area contributed by atoms with Crippen molar-refractivity contribution < 1.29 is 9.53 Å². The molecular formula is C25H35ClO2. The Balaban J connectivity index is 3.75. The van der Waals surface area contributed by atoms with Crippen molar-refractivity contribution in [2.45, 2.75) is 74.1 Å². The van der Waals surface area contributed by atoms with Crippen molar-refractivity contribution in [2.24, 2.45) is 5.41 Å². The average molecular weight is 403 g/mol. The van der Waals surface area contributed by atoms with Gasteiger partial charge in [-0.1, -0.05) is 82.0 Å². The molecule has 0 saturated carbocycles. The molecule has 0 aromatic heterocycles. The van der Waals surface area contributed by atoms with E-state index in [-0.39, 0.29) is 11.4 Å². The second-order valence-electron chi connectivity index (χ2n) is 8.20. The van der Waals surface area contributed by atoms with E-state index >= 15 is 0 Å². The number of hydrogen-bond donors (Lipinski definition) is 0. The molecule has 0 aliphatic heterocycles. The summed E-state index contributed by atoms with van der Waals surface area (Å²) in [5.41, 5.74) is 7.70. The van der Waals surface area contributed by atoms with Crippen molar-refractivity contribution >= 4 is 23.1 Å². The van der Waals surface area contributed by atoms with Gasteiger partial charge in [-0.05, 0) is 50.2 Å². The van der Waals surface area contributed by atoms with Crippen LogP contribution in [0.5, 0.6) is 0 Å². The molecule has 0 spiro atoms. The minimum Gasteiger partial charge on any atom is -0.462 e. The summed E-state index contributed by atoms with van der Waals surface area (Å²) in [6, 6.07) is 8.10. The second kappa shape index (κ2) is 11.3. The molecule has 0 atom stereocenters. The van der Waals surface area contributed by atoms with Gasteiger partial charge in [0.1, 0.15) is 0 Å². The third-order valence-electron chi connectivity index (χ3n) is 4.74. The van der Waals surface area contributed by atoms with Gasteiger partial charge in [-0.25, -0.2) is 4.79 Å². The normalized spacial score (nSPS) is 12.1. The molecule has 1 aromatic carbocycles. The van der Waals surface area contributed by atoms with E-state index in [1.54, 1.807) is 0 Å². The number of allylic oxidation sites excluding steroid dienone is 1. The predicted octanol–water partition coefficient (Wildman–Crippen LogP) is 7.61. The molecule has 0 aliphatic rings. The van der Waals surface area contributed by atoms with Gasteiger partial charge in [0.2, 0.25) is 0 Å². The number of halogens is 1. The number of carbonyl (C=O) groups excluding carboxylic acids is 1. The molecule has 3 heteroatoms. The smallest absolute Gasteiger partial charge is 0.340 e. The Morgan fingerprint density at radius 2 is 1.86 bits per heavy atom. The zero-order valence-electron chi connectivity index (χ0n) is 18.5. The molecule has 0 amide bonds. The number of hydrogen-bond acceptors (Lipinski definition) is 2. The van der Waals surface area contributed by atoms with Crippen molar-refractivity contribution in [1.82, 2.24) is 0 Å². The number of aryl methyl sites for hydroxylation is 1.